The van der Waals surface area contributed by atoms with Crippen molar-refractivity contribution in [3.8, 4) is 5.75 Å². The number of ether oxygens (including phenoxy) is 1. The highest BCUT2D eigenvalue weighted by molar-refractivity contribution is 7.92. The van der Waals surface area contributed by atoms with Gasteiger partial charge >= 0.3 is 0 Å². The molecule has 35 heavy (non-hydrogen) atoms. The zero-order valence-electron chi connectivity index (χ0n) is 19.2. The van der Waals surface area contributed by atoms with Crippen LogP contribution in [0.4, 0.5) is 17.1 Å². The summed E-state index contributed by atoms with van der Waals surface area (Å²) in [5.41, 5.74) is 2.93. The third-order valence-electron chi connectivity index (χ3n) is 6.34. The standard InChI is InChI=1S/C26H25N3O5S/c1-34-24-12-11-21(35(32,33)29-15-13-18-6-2-3-9-23(18)29)17-22(24)26(31)27-19-7-4-8-20(16-19)28-14-5-10-25(28)30/h2-4,6-9,11-12,16-17H,5,10,13-15H2,1H3,(H,27,31). The van der Waals surface area contributed by atoms with Gasteiger partial charge < -0.3 is 15.0 Å². The molecular weight excluding hydrogens is 466 g/mol. The van der Waals surface area contributed by atoms with Crippen molar-refractivity contribution in [2.75, 3.05) is 34.7 Å². The van der Waals surface area contributed by atoms with Crippen LogP contribution in [0.5, 0.6) is 5.75 Å². The minimum Gasteiger partial charge on any atom is -0.496 e. The van der Waals surface area contributed by atoms with Crippen LogP contribution in [0.1, 0.15) is 28.8 Å². The summed E-state index contributed by atoms with van der Waals surface area (Å²) in [6, 6.07) is 18.7. The van der Waals surface area contributed by atoms with Gasteiger partial charge in [0.15, 0.2) is 0 Å². The van der Waals surface area contributed by atoms with Gasteiger partial charge in [-0.2, -0.15) is 0 Å². The van der Waals surface area contributed by atoms with E-state index in [1.807, 2.05) is 24.3 Å². The number of fused-ring (bicyclic) bond motifs is 1. The van der Waals surface area contributed by atoms with Crippen LogP contribution in [-0.2, 0) is 21.2 Å². The average molecular weight is 492 g/mol. The molecule has 0 atom stereocenters. The molecule has 2 aliphatic rings. The Kier molecular flexibility index (Phi) is 5.94. The molecule has 0 aromatic heterocycles. The van der Waals surface area contributed by atoms with E-state index in [1.54, 1.807) is 29.2 Å². The lowest BCUT2D eigenvalue weighted by molar-refractivity contribution is -0.117. The number of sulfonamides is 1. The Morgan fingerprint density at radius 1 is 0.971 bits per heavy atom. The van der Waals surface area contributed by atoms with E-state index in [-0.39, 0.29) is 22.1 Å². The van der Waals surface area contributed by atoms with E-state index in [0.29, 0.717) is 43.0 Å². The summed E-state index contributed by atoms with van der Waals surface area (Å²) in [5, 5.41) is 2.81. The molecule has 0 saturated carbocycles. The van der Waals surface area contributed by atoms with Crippen LogP contribution in [0.2, 0.25) is 0 Å². The average Bonchev–Trinajstić information content (AvgIpc) is 3.50. The Bertz CT molecular complexity index is 1420. The van der Waals surface area contributed by atoms with Gasteiger partial charge in [-0.15, -0.1) is 0 Å². The fraction of sp³-hybridized carbons (Fsp3) is 0.231. The van der Waals surface area contributed by atoms with Crippen LogP contribution in [0.3, 0.4) is 0 Å². The minimum absolute atomic E-state index is 0.0107. The maximum absolute atomic E-state index is 13.5. The van der Waals surface area contributed by atoms with Gasteiger partial charge in [0, 0.05) is 30.9 Å². The fourth-order valence-corrected chi connectivity index (χ4v) is 6.11. The molecule has 3 aromatic carbocycles. The van der Waals surface area contributed by atoms with Crippen molar-refractivity contribution in [3.05, 3.63) is 77.9 Å². The molecule has 2 amide bonds. The van der Waals surface area contributed by atoms with Crippen molar-refractivity contribution in [3.63, 3.8) is 0 Å². The van der Waals surface area contributed by atoms with Gasteiger partial charge in [-0.1, -0.05) is 24.3 Å². The van der Waals surface area contributed by atoms with Gasteiger partial charge in [-0.3, -0.25) is 13.9 Å². The number of carbonyl (C=O) groups excluding carboxylic acids is 2. The van der Waals surface area contributed by atoms with E-state index in [4.69, 9.17) is 4.74 Å². The highest BCUT2D eigenvalue weighted by Gasteiger charge is 2.31. The summed E-state index contributed by atoms with van der Waals surface area (Å²) in [4.78, 5) is 27.0. The summed E-state index contributed by atoms with van der Waals surface area (Å²) in [7, 11) is -2.45. The van der Waals surface area contributed by atoms with Gasteiger partial charge in [0.05, 0.1) is 23.3 Å². The topological polar surface area (TPSA) is 96.0 Å². The van der Waals surface area contributed by atoms with Gasteiger partial charge in [0.1, 0.15) is 5.75 Å². The summed E-state index contributed by atoms with van der Waals surface area (Å²) < 4.78 is 33.7. The van der Waals surface area contributed by atoms with E-state index >= 15 is 0 Å². The predicted octanol–water partition coefficient (Wildman–Crippen LogP) is 3.83. The molecule has 9 heteroatoms. The predicted molar refractivity (Wildman–Crippen MR) is 134 cm³/mol. The van der Waals surface area contributed by atoms with Crippen molar-refractivity contribution in [2.45, 2.75) is 24.2 Å². The lowest BCUT2D eigenvalue weighted by atomic mass is 10.1. The Labute approximate surface area is 204 Å². The first-order valence-corrected chi connectivity index (χ1v) is 12.8. The van der Waals surface area contributed by atoms with Crippen molar-refractivity contribution in [1.29, 1.82) is 0 Å². The van der Waals surface area contributed by atoms with Crippen molar-refractivity contribution in [1.82, 2.24) is 0 Å². The first-order chi connectivity index (χ1) is 16.9. The monoisotopic (exact) mass is 491 g/mol. The van der Waals surface area contributed by atoms with Crippen LogP contribution in [0.25, 0.3) is 0 Å². The molecule has 1 saturated heterocycles. The molecule has 2 heterocycles. The molecule has 0 bridgehead atoms. The summed E-state index contributed by atoms with van der Waals surface area (Å²) in [5.74, 6) is -0.198. The second-order valence-corrected chi connectivity index (χ2v) is 10.3. The molecule has 1 N–H and O–H groups in total. The number of carbonyl (C=O) groups is 2. The Morgan fingerprint density at radius 2 is 1.80 bits per heavy atom. The van der Waals surface area contributed by atoms with Crippen LogP contribution in [-0.4, -0.2) is 40.4 Å². The van der Waals surface area contributed by atoms with E-state index in [9.17, 15) is 18.0 Å². The fourth-order valence-electron chi connectivity index (χ4n) is 4.58. The molecule has 2 aliphatic heterocycles. The van der Waals surface area contributed by atoms with Crippen LogP contribution in [0.15, 0.2) is 71.6 Å². The first kappa shape index (κ1) is 22.9. The summed E-state index contributed by atoms with van der Waals surface area (Å²) in [6.45, 7) is 0.987. The molecule has 180 valence electrons. The summed E-state index contributed by atoms with van der Waals surface area (Å²) >= 11 is 0. The second kappa shape index (κ2) is 9.07. The maximum atomic E-state index is 13.5. The number of hydrogen-bond donors (Lipinski definition) is 1. The highest BCUT2D eigenvalue weighted by atomic mass is 32.2. The molecule has 0 aliphatic carbocycles. The normalized spacial score (nSPS) is 15.3. The van der Waals surface area contributed by atoms with E-state index in [0.717, 1.165) is 12.0 Å². The van der Waals surface area contributed by atoms with E-state index in [1.165, 1.54) is 29.6 Å². The Hall–Kier alpha value is -3.85. The maximum Gasteiger partial charge on any atom is 0.264 e. The summed E-state index contributed by atoms with van der Waals surface area (Å²) in [6.07, 6.45) is 1.95. The molecule has 5 rings (SSSR count). The first-order valence-electron chi connectivity index (χ1n) is 11.4. The minimum atomic E-state index is -3.88. The number of methoxy groups -OCH3 is 1. The largest absolute Gasteiger partial charge is 0.496 e. The van der Waals surface area contributed by atoms with Crippen LogP contribution >= 0.6 is 0 Å². The molecular formula is C26H25N3O5S. The third-order valence-corrected chi connectivity index (χ3v) is 8.15. The molecule has 1 fully saturated rings. The number of amides is 2. The number of nitrogens with one attached hydrogen (secondary N) is 1. The number of para-hydroxylation sites is 1. The smallest absolute Gasteiger partial charge is 0.264 e. The van der Waals surface area contributed by atoms with Gasteiger partial charge in [0.2, 0.25) is 5.91 Å². The highest BCUT2D eigenvalue weighted by Crippen LogP contribution is 2.34. The SMILES string of the molecule is COc1ccc(S(=O)(=O)N2CCc3ccccc32)cc1C(=O)Nc1cccc(N2CCCC2=O)c1. The Balaban J connectivity index is 1.44. The van der Waals surface area contributed by atoms with Crippen LogP contribution in [0, 0.1) is 0 Å². The van der Waals surface area contributed by atoms with Crippen LogP contribution < -0.4 is 19.3 Å². The van der Waals surface area contributed by atoms with Gasteiger partial charge in [-0.05, 0) is 60.9 Å². The van der Waals surface area contributed by atoms with Crippen molar-refractivity contribution in [2.24, 2.45) is 0 Å². The Morgan fingerprint density at radius 3 is 2.57 bits per heavy atom. The number of benzene rings is 3. The van der Waals surface area contributed by atoms with Crippen molar-refractivity contribution < 1.29 is 22.7 Å². The molecule has 3 aromatic rings. The zero-order chi connectivity index (χ0) is 24.6. The molecule has 0 spiro atoms. The van der Waals surface area contributed by atoms with Gasteiger partial charge in [0.25, 0.3) is 15.9 Å². The molecule has 0 radical (unpaired) electrons. The lowest BCUT2D eigenvalue weighted by Crippen LogP contribution is -2.29. The van der Waals surface area contributed by atoms with E-state index in [2.05, 4.69) is 5.32 Å². The zero-order valence-corrected chi connectivity index (χ0v) is 20.0. The number of rotatable bonds is 6. The molecule has 0 unspecified atom stereocenters. The second-order valence-electron chi connectivity index (χ2n) is 8.47. The number of anilines is 3. The quantitative estimate of drug-likeness (QED) is 0.566. The number of nitrogens with zero attached hydrogens (tertiary/aromatic N) is 2. The number of hydrogen-bond acceptors (Lipinski definition) is 5. The van der Waals surface area contributed by atoms with Crippen molar-refractivity contribution >= 4 is 38.9 Å². The van der Waals surface area contributed by atoms with Gasteiger partial charge in [-0.25, -0.2) is 8.42 Å². The van der Waals surface area contributed by atoms with E-state index < -0.39 is 15.9 Å². The molecule has 8 nitrogen and oxygen atoms in total. The third kappa shape index (κ3) is 4.23. The lowest BCUT2D eigenvalue weighted by Gasteiger charge is -2.20.